The van der Waals surface area contributed by atoms with Crippen LogP contribution in [0.4, 0.5) is 5.69 Å². The molecule has 0 spiro atoms. The van der Waals surface area contributed by atoms with Crippen molar-refractivity contribution in [3.63, 3.8) is 0 Å². The summed E-state index contributed by atoms with van der Waals surface area (Å²) in [5, 5.41) is 2.81. The van der Waals surface area contributed by atoms with Crippen LogP contribution >= 0.6 is 0 Å². The van der Waals surface area contributed by atoms with E-state index in [4.69, 9.17) is 5.73 Å². The average molecular weight is 230 g/mol. The predicted molar refractivity (Wildman–Crippen MR) is 71.5 cm³/mol. The molecule has 1 rings (SSSR count). The number of allylic oxidation sites excluding steroid dienone is 3. The number of hydrogen-bond donors (Lipinski definition) is 2. The molecule has 0 saturated heterocycles. The first-order chi connectivity index (χ1) is 8.22. The minimum atomic E-state index is -0.0708. The van der Waals surface area contributed by atoms with E-state index < -0.39 is 0 Å². The highest BCUT2D eigenvalue weighted by Gasteiger charge is 1.95. The van der Waals surface area contributed by atoms with Crippen molar-refractivity contribution in [3.8, 4) is 0 Å². The van der Waals surface area contributed by atoms with Gasteiger partial charge in [-0.15, -0.1) is 0 Å². The van der Waals surface area contributed by atoms with Gasteiger partial charge in [-0.2, -0.15) is 0 Å². The Morgan fingerprint density at radius 2 is 2.00 bits per heavy atom. The Kier molecular flexibility index (Phi) is 5.58. The summed E-state index contributed by atoms with van der Waals surface area (Å²) in [4.78, 5) is 11.3. The lowest BCUT2D eigenvalue weighted by Gasteiger charge is -2.03. The van der Waals surface area contributed by atoms with Gasteiger partial charge in [0.2, 0.25) is 5.91 Å². The Morgan fingerprint density at radius 1 is 1.29 bits per heavy atom. The number of carbonyl (C=O) groups excluding carboxylic acids is 1. The maximum absolute atomic E-state index is 11.3. The van der Waals surface area contributed by atoms with Crippen LogP contribution in [0.1, 0.15) is 12.5 Å². The highest BCUT2D eigenvalue weighted by molar-refractivity contribution is 5.87. The molecule has 1 amide bonds. The van der Waals surface area contributed by atoms with Crippen molar-refractivity contribution in [2.24, 2.45) is 0 Å². The standard InChI is InChI=1S/C14H18N2O/c1-2-3-4-5-14(17)16-11-10-12-6-8-13(15)9-7-12/h2-9H,10-11,15H2,1H3,(H,16,17)/b3-2+,5-4+. The van der Waals surface area contributed by atoms with Crippen LogP contribution in [0.5, 0.6) is 0 Å². The fourth-order valence-electron chi connectivity index (χ4n) is 1.33. The maximum Gasteiger partial charge on any atom is 0.243 e. The van der Waals surface area contributed by atoms with Gasteiger partial charge in [0.15, 0.2) is 0 Å². The SMILES string of the molecule is C/C=C/C=C/C(=O)NCCc1ccc(N)cc1. The van der Waals surface area contributed by atoms with E-state index in [2.05, 4.69) is 5.32 Å². The lowest BCUT2D eigenvalue weighted by molar-refractivity contribution is -0.116. The van der Waals surface area contributed by atoms with Crippen LogP contribution in [0.3, 0.4) is 0 Å². The van der Waals surface area contributed by atoms with Gasteiger partial charge in [0, 0.05) is 18.3 Å². The molecule has 0 aliphatic heterocycles. The molecule has 0 atom stereocenters. The Morgan fingerprint density at radius 3 is 2.65 bits per heavy atom. The molecule has 0 fully saturated rings. The summed E-state index contributed by atoms with van der Waals surface area (Å²) >= 11 is 0. The molecule has 0 aliphatic rings. The molecular formula is C14H18N2O. The number of nitrogens with one attached hydrogen (secondary N) is 1. The van der Waals surface area contributed by atoms with Gasteiger partial charge in [0.05, 0.1) is 0 Å². The van der Waals surface area contributed by atoms with Crippen LogP contribution in [-0.2, 0) is 11.2 Å². The van der Waals surface area contributed by atoms with Gasteiger partial charge in [0.1, 0.15) is 0 Å². The third-order valence-electron chi connectivity index (χ3n) is 2.24. The summed E-state index contributed by atoms with van der Waals surface area (Å²) < 4.78 is 0. The summed E-state index contributed by atoms with van der Waals surface area (Å²) in [6.45, 7) is 2.53. The van der Waals surface area contributed by atoms with Crippen LogP contribution in [0, 0.1) is 0 Å². The fourth-order valence-corrected chi connectivity index (χ4v) is 1.33. The molecule has 0 radical (unpaired) electrons. The van der Waals surface area contributed by atoms with Crippen LogP contribution in [0.15, 0.2) is 48.6 Å². The summed E-state index contributed by atoms with van der Waals surface area (Å²) in [6, 6.07) is 7.67. The quantitative estimate of drug-likeness (QED) is 0.462. The number of carbonyl (C=O) groups is 1. The molecule has 3 heteroatoms. The summed E-state index contributed by atoms with van der Waals surface area (Å²) in [5.74, 6) is -0.0708. The normalized spacial score (nSPS) is 11.1. The zero-order valence-corrected chi connectivity index (χ0v) is 10.0. The van der Waals surface area contributed by atoms with Crippen molar-refractivity contribution < 1.29 is 4.79 Å². The molecule has 90 valence electrons. The van der Waals surface area contributed by atoms with Gasteiger partial charge in [-0.3, -0.25) is 4.79 Å². The van der Waals surface area contributed by atoms with E-state index in [1.54, 1.807) is 6.08 Å². The number of anilines is 1. The maximum atomic E-state index is 11.3. The first-order valence-corrected chi connectivity index (χ1v) is 5.64. The molecule has 1 aromatic rings. The van der Waals surface area contributed by atoms with Gasteiger partial charge >= 0.3 is 0 Å². The first-order valence-electron chi connectivity index (χ1n) is 5.64. The Labute approximate surface area is 102 Å². The fraction of sp³-hybridized carbons (Fsp3) is 0.214. The second-order valence-electron chi connectivity index (χ2n) is 3.67. The van der Waals surface area contributed by atoms with Gasteiger partial charge in [-0.1, -0.05) is 30.4 Å². The van der Waals surface area contributed by atoms with Crippen molar-refractivity contribution in [1.29, 1.82) is 0 Å². The number of nitrogen functional groups attached to an aromatic ring is 1. The number of amides is 1. The molecule has 0 saturated carbocycles. The van der Waals surface area contributed by atoms with Crippen LogP contribution in [-0.4, -0.2) is 12.5 Å². The number of hydrogen-bond acceptors (Lipinski definition) is 2. The molecule has 3 nitrogen and oxygen atoms in total. The van der Waals surface area contributed by atoms with Crippen molar-refractivity contribution in [1.82, 2.24) is 5.32 Å². The van der Waals surface area contributed by atoms with Gasteiger partial charge < -0.3 is 11.1 Å². The van der Waals surface area contributed by atoms with E-state index in [1.807, 2.05) is 43.3 Å². The van der Waals surface area contributed by atoms with Crippen LogP contribution in [0.25, 0.3) is 0 Å². The molecule has 1 aromatic carbocycles. The van der Waals surface area contributed by atoms with Crippen molar-refractivity contribution in [2.45, 2.75) is 13.3 Å². The largest absolute Gasteiger partial charge is 0.399 e. The summed E-state index contributed by atoms with van der Waals surface area (Å²) in [7, 11) is 0. The molecular weight excluding hydrogens is 212 g/mol. The van der Waals surface area contributed by atoms with E-state index in [9.17, 15) is 4.79 Å². The molecule has 0 unspecified atom stereocenters. The van der Waals surface area contributed by atoms with E-state index in [0.717, 1.165) is 17.7 Å². The molecule has 3 N–H and O–H groups in total. The highest BCUT2D eigenvalue weighted by Crippen LogP contribution is 2.05. The van der Waals surface area contributed by atoms with E-state index in [1.165, 1.54) is 6.08 Å². The minimum absolute atomic E-state index is 0.0708. The smallest absolute Gasteiger partial charge is 0.243 e. The Balaban J connectivity index is 2.28. The average Bonchev–Trinajstić information content (AvgIpc) is 2.32. The topological polar surface area (TPSA) is 55.1 Å². The molecule has 0 aromatic heterocycles. The molecule has 0 heterocycles. The van der Waals surface area contributed by atoms with Crippen molar-refractivity contribution in [3.05, 3.63) is 54.1 Å². The number of rotatable bonds is 5. The number of benzene rings is 1. The van der Waals surface area contributed by atoms with Crippen molar-refractivity contribution >= 4 is 11.6 Å². The minimum Gasteiger partial charge on any atom is -0.399 e. The van der Waals surface area contributed by atoms with Gasteiger partial charge in [-0.25, -0.2) is 0 Å². The van der Waals surface area contributed by atoms with Crippen LogP contribution in [0.2, 0.25) is 0 Å². The Hall–Kier alpha value is -2.03. The van der Waals surface area contributed by atoms with E-state index in [0.29, 0.717) is 6.54 Å². The lowest BCUT2D eigenvalue weighted by atomic mass is 10.1. The zero-order valence-electron chi connectivity index (χ0n) is 10.0. The van der Waals surface area contributed by atoms with Crippen LogP contribution < -0.4 is 11.1 Å². The van der Waals surface area contributed by atoms with Gasteiger partial charge in [0.25, 0.3) is 0 Å². The molecule has 0 bridgehead atoms. The molecule has 0 aliphatic carbocycles. The second-order valence-corrected chi connectivity index (χ2v) is 3.67. The van der Waals surface area contributed by atoms with E-state index >= 15 is 0 Å². The second kappa shape index (κ2) is 7.28. The van der Waals surface area contributed by atoms with Gasteiger partial charge in [-0.05, 0) is 31.0 Å². The number of nitrogens with two attached hydrogens (primary N) is 1. The first kappa shape index (κ1) is 13.0. The highest BCUT2D eigenvalue weighted by atomic mass is 16.1. The summed E-state index contributed by atoms with van der Waals surface area (Å²) in [5.41, 5.74) is 7.51. The van der Waals surface area contributed by atoms with Crippen molar-refractivity contribution in [2.75, 3.05) is 12.3 Å². The predicted octanol–water partition coefficient (Wildman–Crippen LogP) is 2.06. The lowest BCUT2D eigenvalue weighted by Crippen LogP contribution is -2.23. The zero-order chi connectivity index (χ0) is 12.5. The molecule has 17 heavy (non-hydrogen) atoms. The summed E-state index contributed by atoms with van der Waals surface area (Å²) in [6.07, 6.45) is 7.74. The third kappa shape index (κ3) is 5.56. The monoisotopic (exact) mass is 230 g/mol. The third-order valence-corrected chi connectivity index (χ3v) is 2.24. The Bertz CT molecular complexity index is 405. The van der Waals surface area contributed by atoms with E-state index in [-0.39, 0.29) is 5.91 Å².